The molecule has 0 saturated carbocycles. The number of halogens is 1. The molecular weight excluding hydrogens is 788 g/mol. The van der Waals surface area contributed by atoms with Crippen LogP contribution in [0.1, 0.15) is 16.7 Å². The molecule has 8 N–H and O–H groups in total. The summed E-state index contributed by atoms with van der Waals surface area (Å²) in [6.45, 7) is 5.13. The lowest BCUT2D eigenvalue weighted by atomic mass is 10.0. The number of hydrogen-bond donors (Lipinski definition) is 7. The van der Waals surface area contributed by atoms with E-state index >= 15 is 0 Å². The Kier molecular flexibility index (Phi) is 9.69. The summed E-state index contributed by atoms with van der Waals surface area (Å²) in [6.07, 6.45) is 0. The Morgan fingerprint density at radius 1 is 0.685 bits per heavy atom. The van der Waals surface area contributed by atoms with Gasteiger partial charge in [-0.1, -0.05) is 12.1 Å². The molecule has 6 aromatic rings. The zero-order valence-electron chi connectivity index (χ0n) is 27.9. The quantitative estimate of drug-likeness (QED) is 0.0454. The number of fused-ring (bicyclic) bond motifs is 2. The lowest BCUT2D eigenvalue weighted by molar-refractivity contribution is 0.479. The second-order valence-electron chi connectivity index (χ2n) is 12.0. The number of nitrogens with zero attached hydrogens (tertiary/aromatic N) is 5. The lowest BCUT2D eigenvalue weighted by Gasteiger charge is -2.15. The Morgan fingerprint density at radius 3 is 1.93 bits per heavy atom. The van der Waals surface area contributed by atoms with Gasteiger partial charge in [-0.05, 0) is 108 Å². The van der Waals surface area contributed by atoms with E-state index in [0.29, 0.717) is 22.6 Å². The smallest absolute Gasteiger partial charge is 0.296 e. The van der Waals surface area contributed by atoms with Gasteiger partial charge in [0.25, 0.3) is 30.4 Å². The van der Waals surface area contributed by atoms with Crippen molar-refractivity contribution in [2.24, 2.45) is 10.2 Å². The molecular formula is C32H27ClN8O10S3. The fourth-order valence-corrected chi connectivity index (χ4v) is 7.84. The van der Waals surface area contributed by atoms with Crippen LogP contribution in [-0.2, 0) is 30.4 Å². The summed E-state index contributed by atoms with van der Waals surface area (Å²) in [6, 6.07) is 13.1. The number of azo groups is 1. The number of nitrogens with one attached hydrogen (secondary N) is 2. The monoisotopic (exact) mass is 814 g/mol. The number of nitrogens with two attached hydrogens (primary N) is 1. The van der Waals surface area contributed by atoms with Gasteiger partial charge >= 0.3 is 0 Å². The minimum Gasteiger partial charge on any atom is -0.507 e. The Hall–Kier alpha value is -5.55. The molecule has 18 nitrogen and oxygen atoms in total. The molecule has 0 spiro atoms. The molecule has 0 saturated heterocycles. The van der Waals surface area contributed by atoms with E-state index in [0.717, 1.165) is 17.7 Å². The summed E-state index contributed by atoms with van der Waals surface area (Å²) in [5.74, 6) is -0.671. The van der Waals surface area contributed by atoms with E-state index in [4.69, 9.17) is 17.3 Å². The van der Waals surface area contributed by atoms with Gasteiger partial charge in [0.05, 0.1) is 21.7 Å². The van der Waals surface area contributed by atoms with E-state index in [1.807, 2.05) is 0 Å². The highest BCUT2D eigenvalue weighted by molar-refractivity contribution is 7.87. The van der Waals surface area contributed by atoms with Gasteiger partial charge in [0.1, 0.15) is 26.9 Å². The number of anilines is 5. The van der Waals surface area contributed by atoms with Crippen LogP contribution >= 0.6 is 11.6 Å². The van der Waals surface area contributed by atoms with E-state index in [-0.39, 0.29) is 62.2 Å². The largest absolute Gasteiger partial charge is 0.507 e. The summed E-state index contributed by atoms with van der Waals surface area (Å²) < 4.78 is 103. The number of hydrogen-bond acceptors (Lipinski definition) is 15. The first-order valence-corrected chi connectivity index (χ1v) is 19.8. The van der Waals surface area contributed by atoms with E-state index in [9.17, 15) is 44.0 Å². The molecule has 5 aromatic carbocycles. The summed E-state index contributed by atoms with van der Waals surface area (Å²) in [5, 5.41) is 24.7. The molecule has 0 aliphatic rings. The maximum atomic E-state index is 12.5. The third-order valence-corrected chi connectivity index (χ3v) is 10.7. The van der Waals surface area contributed by atoms with Crippen LogP contribution < -0.4 is 16.4 Å². The van der Waals surface area contributed by atoms with Gasteiger partial charge in [-0.2, -0.15) is 40.2 Å². The summed E-state index contributed by atoms with van der Waals surface area (Å²) in [4.78, 5) is 9.82. The van der Waals surface area contributed by atoms with Crippen molar-refractivity contribution in [2.75, 3.05) is 16.4 Å². The van der Waals surface area contributed by atoms with Gasteiger partial charge < -0.3 is 21.5 Å². The summed E-state index contributed by atoms with van der Waals surface area (Å²) in [5.41, 5.74) is 8.10. The Labute approximate surface area is 312 Å². The topological polar surface area (TPSA) is 297 Å². The van der Waals surface area contributed by atoms with Crippen molar-refractivity contribution in [2.45, 2.75) is 35.5 Å². The van der Waals surface area contributed by atoms with Crippen LogP contribution in [0.15, 0.2) is 85.6 Å². The average molecular weight is 815 g/mol. The van der Waals surface area contributed by atoms with Crippen LogP contribution in [0.25, 0.3) is 21.5 Å². The molecule has 6 rings (SSSR count). The Bertz CT molecular complexity index is 2950. The van der Waals surface area contributed by atoms with Gasteiger partial charge in [-0.15, -0.1) is 10.2 Å². The van der Waals surface area contributed by atoms with Crippen molar-refractivity contribution >= 4 is 104 Å². The SMILES string of the molecule is Cc1cc(Nc2nc(Cl)nc(Nc3ccc(N=Nc4c(N)c(C)cc5cc(C)cc(O)c45)c(S(=O)(=O)O)c3)n2)c2c(S(=O)(=O)O)cc(S(=O)(=O)O)cc2c1. The summed E-state index contributed by atoms with van der Waals surface area (Å²) >= 11 is 6.16. The molecule has 54 heavy (non-hydrogen) atoms. The van der Waals surface area contributed by atoms with Crippen molar-refractivity contribution in [1.82, 2.24) is 15.0 Å². The zero-order chi connectivity index (χ0) is 39.5. The van der Waals surface area contributed by atoms with Crippen LogP contribution in [0, 0.1) is 20.8 Å². The molecule has 1 heterocycles. The van der Waals surface area contributed by atoms with Crippen LogP contribution in [0.3, 0.4) is 0 Å². The first-order chi connectivity index (χ1) is 25.1. The minimum absolute atomic E-state index is 0.00102. The van der Waals surface area contributed by atoms with E-state index < -0.39 is 50.3 Å². The van der Waals surface area contributed by atoms with Gasteiger partial charge in [-0.25, -0.2) is 0 Å². The normalized spacial score (nSPS) is 12.5. The van der Waals surface area contributed by atoms with Crippen molar-refractivity contribution in [3.8, 4) is 5.75 Å². The molecule has 0 atom stereocenters. The number of benzene rings is 5. The van der Waals surface area contributed by atoms with Crippen LogP contribution in [0.2, 0.25) is 5.28 Å². The maximum absolute atomic E-state index is 12.5. The number of aromatic hydroxyl groups is 1. The van der Waals surface area contributed by atoms with Crippen molar-refractivity contribution in [3.05, 3.63) is 82.6 Å². The van der Waals surface area contributed by atoms with E-state index in [1.54, 1.807) is 32.9 Å². The molecule has 0 aliphatic carbocycles. The molecule has 0 unspecified atom stereocenters. The highest BCUT2D eigenvalue weighted by atomic mass is 35.5. The van der Waals surface area contributed by atoms with Crippen molar-refractivity contribution in [3.63, 3.8) is 0 Å². The van der Waals surface area contributed by atoms with Crippen LogP contribution in [-0.4, -0.2) is 59.0 Å². The third-order valence-electron chi connectivity index (χ3n) is 7.89. The van der Waals surface area contributed by atoms with E-state index in [2.05, 4.69) is 35.8 Å². The fraction of sp³-hybridized carbons (Fsp3) is 0.0938. The second kappa shape index (κ2) is 13.7. The highest BCUT2D eigenvalue weighted by Crippen LogP contribution is 2.42. The lowest BCUT2D eigenvalue weighted by Crippen LogP contribution is -2.08. The van der Waals surface area contributed by atoms with Gasteiger partial charge in [0.2, 0.25) is 17.2 Å². The number of aryl methyl sites for hydroxylation is 3. The molecule has 0 aliphatic heterocycles. The number of rotatable bonds is 9. The molecule has 280 valence electrons. The summed E-state index contributed by atoms with van der Waals surface area (Å²) in [7, 11) is -14.9. The van der Waals surface area contributed by atoms with Gasteiger partial charge in [0.15, 0.2) is 0 Å². The zero-order valence-corrected chi connectivity index (χ0v) is 31.1. The minimum atomic E-state index is -5.06. The van der Waals surface area contributed by atoms with E-state index in [1.165, 1.54) is 30.3 Å². The van der Waals surface area contributed by atoms with Gasteiger partial charge in [-0.3, -0.25) is 13.7 Å². The first-order valence-electron chi connectivity index (χ1n) is 15.1. The molecule has 0 fully saturated rings. The highest BCUT2D eigenvalue weighted by Gasteiger charge is 2.24. The predicted molar refractivity (Wildman–Crippen MR) is 200 cm³/mol. The molecule has 1 aromatic heterocycles. The number of phenolic OH excluding ortho intramolecular Hbond substituents is 1. The number of aromatic nitrogens is 3. The second-order valence-corrected chi connectivity index (χ2v) is 16.5. The van der Waals surface area contributed by atoms with Crippen LogP contribution in [0.4, 0.5) is 40.3 Å². The molecule has 0 bridgehead atoms. The standard InChI is InChI=1S/C32H27ClN8O10S3/c1-14-6-18-11-20(52(43,44)45)13-25(54(49,50)51)26(18)22(8-14)36-32-38-30(33)37-31(39-32)35-19-4-5-21(24(12-19)53(46,47)48)40-41-29-27-17(10-16(3)28(29)34)7-15(2)9-23(27)42/h4-13,42H,34H2,1-3H3,(H,43,44,45)(H,46,47,48)(H,49,50,51)(H2,35,36,37,38,39). The number of nitrogen functional groups attached to an aromatic ring is 1. The maximum Gasteiger partial charge on any atom is 0.296 e. The predicted octanol–water partition coefficient (Wildman–Crippen LogP) is 6.69. The molecule has 22 heteroatoms. The Morgan fingerprint density at radius 2 is 1.30 bits per heavy atom. The van der Waals surface area contributed by atoms with Crippen LogP contribution in [0.5, 0.6) is 5.75 Å². The number of phenols is 1. The van der Waals surface area contributed by atoms with Gasteiger partial charge in [0, 0.05) is 11.1 Å². The van der Waals surface area contributed by atoms with Crippen molar-refractivity contribution in [1.29, 1.82) is 0 Å². The Balaban J connectivity index is 1.38. The first kappa shape index (κ1) is 38.2. The van der Waals surface area contributed by atoms with Crippen molar-refractivity contribution < 1.29 is 44.0 Å². The fourth-order valence-electron chi connectivity index (χ4n) is 5.65. The molecule has 0 radical (unpaired) electrons. The third kappa shape index (κ3) is 7.87. The molecule has 0 amide bonds. The average Bonchev–Trinajstić information content (AvgIpc) is 3.03.